The van der Waals surface area contributed by atoms with Crippen molar-refractivity contribution in [2.24, 2.45) is 0 Å². The van der Waals surface area contributed by atoms with Gasteiger partial charge in [0.15, 0.2) is 5.13 Å². The molecule has 8 heteroatoms. The highest BCUT2D eigenvalue weighted by molar-refractivity contribution is 7.18. The van der Waals surface area contributed by atoms with E-state index in [1.165, 1.54) is 11.3 Å². The Balaban J connectivity index is 2.03. The topological polar surface area (TPSA) is 91.6 Å². The SMILES string of the molecule is CCN(C)c1nc(N)c(C(=O)NC2CCC(=O)N(C)C2)s1. The molecule has 1 aromatic rings. The molecule has 0 saturated carbocycles. The van der Waals surface area contributed by atoms with Crippen molar-refractivity contribution in [3.8, 4) is 0 Å². The smallest absolute Gasteiger partial charge is 0.265 e. The number of hydrogen-bond acceptors (Lipinski definition) is 6. The van der Waals surface area contributed by atoms with E-state index >= 15 is 0 Å². The molecule has 21 heavy (non-hydrogen) atoms. The van der Waals surface area contributed by atoms with Gasteiger partial charge in [-0.2, -0.15) is 0 Å². The molecule has 2 amide bonds. The minimum atomic E-state index is -0.214. The number of amides is 2. The molecule has 1 saturated heterocycles. The number of anilines is 2. The molecule has 2 heterocycles. The van der Waals surface area contributed by atoms with Crippen molar-refractivity contribution < 1.29 is 9.59 Å². The number of thiazole rings is 1. The van der Waals surface area contributed by atoms with Gasteiger partial charge < -0.3 is 20.9 Å². The highest BCUT2D eigenvalue weighted by Gasteiger charge is 2.26. The summed E-state index contributed by atoms with van der Waals surface area (Å²) in [5.74, 6) is 0.159. The second kappa shape index (κ2) is 6.30. The first-order valence-electron chi connectivity index (χ1n) is 6.94. The van der Waals surface area contributed by atoms with Crippen molar-refractivity contribution >= 4 is 34.1 Å². The Morgan fingerprint density at radius 3 is 2.95 bits per heavy atom. The van der Waals surface area contributed by atoms with Crippen LogP contribution in [0.4, 0.5) is 10.9 Å². The van der Waals surface area contributed by atoms with E-state index in [0.717, 1.165) is 11.7 Å². The van der Waals surface area contributed by atoms with Gasteiger partial charge in [-0.15, -0.1) is 0 Å². The van der Waals surface area contributed by atoms with Gasteiger partial charge in [-0.25, -0.2) is 4.98 Å². The summed E-state index contributed by atoms with van der Waals surface area (Å²) in [7, 11) is 3.65. The number of nitrogens with two attached hydrogens (primary N) is 1. The van der Waals surface area contributed by atoms with Crippen molar-refractivity contribution in [3.05, 3.63) is 4.88 Å². The summed E-state index contributed by atoms with van der Waals surface area (Å²) >= 11 is 1.29. The zero-order chi connectivity index (χ0) is 15.6. The number of hydrogen-bond donors (Lipinski definition) is 2. The number of nitrogen functional groups attached to an aromatic ring is 1. The highest BCUT2D eigenvalue weighted by Crippen LogP contribution is 2.27. The maximum Gasteiger partial charge on any atom is 0.265 e. The summed E-state index contributed by atoms with van der Waals surface area (Å²) in [6.07, 6.45) is 1.12. The lowest BCUT2D eigenvalue weighted by atomic mass is 10.1. The summed E-state index contributed by atoms with van der Waals surface area (Å²) < 4.78 is 0. The third-order valence-corrected chi connectivity index (χ3v) is 4.80. The Kier molecular flexibility index (Phi) is 4.66. The Morgan fingerprint density at radius 2 is 2.33 bits per heavy atom. The van der Waals surface area contributed by atoms with Gasteiger partial charge in [0.1, 0.15) is 10.7 Å². The van der Waals surface area contributed by atoms with Crippen LogP contribution >= 0.6 is 11.3 Å². The van der Waals surface area contributed by atoms with Crippen molar-refractivity contribution in [1.29, 1.82) is 0 Å². The van der Waals surface area contributed by atoms with E-state index in [4.69, 9.17) is 5.73 Å². The standard InChI is InChI=1S/C13H21N5O2S/c1-4-17(2)13-16-11(14)10(21-13)12(20)15-8-5-6-9(19)18(3)7-8/h8H,4-7,14H2,1-3H3,(H,15,20). The molecule has 1 aliphatic rings. The van der Waals surface area contributed by atoms with Crippen LogP contribution in [0.2, 0.25) is 0 Å². The minimum Gasteiger partial charge on any atom is -0.382 e. The lowest BCUT2D eigenvalue weighted by Gasteiger charge is -2.29. The zero-order valence-corrected chi connectivity index (χ0v) is 13.4. The number of aromatic nitrogens is 1. The number of nitrogens with zero attached hydrogens (tertiary/aromatic N) is 3. The van der Waals surface area contributed by atoms with Crippen LogP contribution in [0.15, 0.2) is 0 Å². The third kappa shape index (κ3) is 3.44. The first-order chi connectivity index (χ1) is 9.92. The van der Waals surface area contributed by atoms with Gasteiger partial charge in [-0.05, 0) is 13.3 Å². The van der Waals surface area contributed by atoms with Crippen molar-refractivity contribution in [2.75, 3.05) is 37.8 Å². The fraction of sp³-hybridized carbons (Fsp3) is 0.615. The van der Waals surface area contributed by atoms with Crippen LogP contribution in [0.1, 0.15) is 29.4 Å². The molecule has 1 aromatic heterocycles. The van der Waals surface area contributed by atoms with E-state index in [-0.39, 0.29) is 23.7 Å². The van der Waals surface area contributed by atoms with Crippen molar-refractivity contribution in [2.45, 2.75) is 25.8 Å². The summed E-state index contributed by atoms with van der Waals surface area (Å²) in [6.45, 7) is 3.33. The average molecular weight is 311 g/mol. The predicted octanol–water partition coefficient (Wildman–Crippen LogP) is 0.532. The predicted molar refractivity (Wildman–Crippen MR) is 83.6 cm³/mol. The fourth-order valence-corrected chi connectivity index (χ4v) is 3.08. The summed E-state index contributed by atoms with van der Waals surface area (Å²) in [4.78, 5) is 32.0. The normalized spacial score (nSPS) is 18.7. The number of likely N-dealkylation sites (N-methyl/N-ethyl adjacent to an activating group) is 1. The van der Waals surface area contributed by atoms with Crippen molar-refractivity contribution in [3.63, 3.8) is 0 Å². The maximum atomic E-state index is 12.3. The zero-order valence-electron chi connectivity index (χ0n) is 12.5. The number of likely N-dealkylation sites (tertiary alicyclic amines) is 1. The van der Waals surface area contributed by atoms with E-state index < -0.39 is 0 Å². The van der Waals surface area contributed by atoms with Crippen LogP contribution in [0, 0.1) is 0 Å². The van der Waals surface area contributed by atoms with Crippen LogP contribution in [0.3, 0.4) is 0 Å². The summed E-state index contributed by atoms with van der Waals surface area (Å²) in [5, 5.41) is 3.67. The molecular weight excluding hydrogens is 290 g/mol. The number of rotatable bonds is 4. The van der Waals surface area contributed by atoms with Gasteiger partial charge in [-0.3, -0.25) is 9.59 Å². The van der Waals surface area contributed by atoms with Crippen LogP contribution in [0.5, 0.6) is 0 Å². The Bertz CT molecular complexity index is 545. The first-order valence-corrected chi connectivity index (χ1v) is 7.76. The van der Waals surface area contributed by atoms with Gasteiger partial charge in [0, 0.05) is 39.6 Å². The second-order valence-corrected chi connectivity index (χ2v) is 6.19. The number of carbonyl (C=O) groups excluding carboxylic acids is 2. The molecule has 1 fully saturated rings. The van der Waals surface area contributed by atoms with E-state index in [9.17, 15) is 9.59 Å². The lowest BCUT2D eigenvalue weighted by molar-refractivity contribution is -0.132. The van der Waals surface area contributed by atoms with Crippen LogP contribution < -0.4 is 16.0 Å². The minimum absolute atomic E-state index is 0.0333. The molecule has 0 spiro atoms. The van der Waals surface area contributed by atoms with E-state index in [0.29, 0.717) is 24.3 Å². The highest BCUT2D eigenvalue weighted by atomic mass is 32.1. The van der Waals surface area contributed by atoms with Crippen LogP contribution in [-0.4, -0.2) is 54.9 Å². The van der Waals surface area contributed by atoms with Gasteiger partial charge in [0.05, 0.1) is 0 Å². The second-order valence-electron chi connectivity index (χ2n) is 5.21. The quantitative estimate of drug-likeness (QED) is 0.846. The Labute approximate surface area is 128 Å². The molecule has 0 radical (unpaired) electrons. The largest absolute Gasteiger partial charge is 0.382 e. The molecule has 7 nitrogen and oxygen atoms in total. The molecule has 0 aromatic carbocycles. The van der Waals surface area contributed by atoms with Gasteiger partial charge in [0.25, 0.3) is 5.91 Å². The molecule has 116 valence electrons. The average Bonchev–Trinajstić information content (AvgIpc) is 2.84. The van der Waals surface area contributed by atoms with Crippen LogP contribution in [0.25, 0.3) is 0 Å². The molecule has 1 atom stereocenters. The van der Waals surface area contributed by atoms with Gasteiger partial charge in [-0.1, -0.05) is 11.3 Å². The Morgan fingerprint density at radius 1 is 1.62 bits per heavy atom. The molecular formula is C13H21N5O2S. The Hall–Kier alpha value is -1.83. The molecule has 2 rings (SSSR count). The first kappa shape index (κ1) is 15.6. The lowest BCUT2D eigenvalue weighted by Crippen LogP contribution is -2.48. The summed E-state index contributed by atoms with van der Waals surface area (Å²) in [5.41, 5.74) is 5.84. The number of nitrogens with one attached hydrogen (secondary N) is 1. The summed E-state index contributed by atoms with van der Waals surface area (Å²) in [6, 6.07) is -0.0333. The molecule has 0 bridgehead atoms. The van der Waals surface area contributed by atoms with Crippen LogP contribution in [-0.2, 0) is 4.79 Å². The monoisotopic (exact) mass is 311 g/mol. The molecule has 1 unspecified atom stereocenters. The molecule has 3 N–H and O–H groups in total. The third-order valence-electron chi connectivity index (χ3n) is 3.61. The van der Waals surface area contributed by atoms with Gasteiger partial charge in [0.2, 0.25) is 5.91 Å². The van der Waals surface area contributed by atoms with Gasteiger partial charge >= 0.3 is 0 Å². The maximum absolute atomic E-state index is 12.3. The van der Waals surface area contributed by atoms with E-state index in [2.05, 4.69) is 10.3 Å². The number of piperidine rings is 1. The van der Waals surface area contributed by atoms with E-state index in [1.54, 1.807) is 11.9 Å². The number of carbonyl (C=O) groups is 2. The van der Waals surface area contributed by atoms with E-state index in [1.807, 2.05) is 18.9 Å². The van der Waals surface area contributed by atoms with Crippen molar-refractivity contribution in [1.82, 2.24) is 15.2 Å². The molecule has 0 aliphatic carbocycles. The fourth-order valence-electron chi connectivity index (χ4n) is 2.16. The molecule has 1 aliphatic heterocycles.